The summed E-state index contributed by atoms with van der Waals surface area (Å²) in [5, 5.41) is 11.1. The molecule has 92 valence electrons. The average Bonchev–Trinajstić information content (AvgIpc) is 2.38. The van der Waals surface area contributed by atoms with Gasteiger partial charge in [0.05, 0.1) is 0 Å². The standard InChI is InChI=1S/C12H10BrN3O2/c13-10-3-1-8(2-4-10)9-5-14-12(15-6-9)16-7-11(17)18/h1-6H,7H2,(H,17,18)(H,14,15,16). The molecule has 5 nitrogen and oxygen atoms in total. The number of rotatable bonds is 4. The lowest BCUT2D eigenvalue weighted by molar-refractivity contribution is -0.134. The molecule has 1 heterocycles. The van der Waals surface area contributed by atoms with Gasteiger partial charge in [0.15, 0.2) is 0 Å². The van der Waals surface area contributed by atoms with Gasteiger partial charge in [-0.3, -0.25) is 4.79 Å². The molecular formula is C12H10BrN3O2. The Labute approximate surface area is 112 Å². The SMILES string of the molecule is O=C(O)CNc1ncc(-c2ccc(Br)cc2)cn1. The van der Waals surface area contributed by atoms with Crippen LogP contribution in [0.25, 0.3) is 11.1 Å². The van der Waals surface area contributed by atoms with Crippen LogP contribution in [0.1, 0.15) is 0 Å². The summed E-state index contributed by atoms with van der Waals surface area (Å²) >= 11 is 3.37. The Kier molecular flexibility index (Phi) is 3.88. The van der Waals surface area contributed by atoms with Crippen molar-refractivity contribution in [3.05, 3.63) is 41.1 Å². The maximum atomic E-state index is 10.4. The lowest BCUT2D eigenvalue weighted by Crippen LogP contribution is -2.14. The molecule has 0 atom stereocenters. The van der Waals surface area contributed by atoms with E-state index in [-0.39, 0.29) is 6.54 Å². The van der Waals surface area contributed by atoms with E-state index in [4.69, 9.17) is 5.11 Å². The van der Waals surface area contributed by atoms with Crippen LogP contribution in [0.5, 0.6) is 0 Å². The highest BCUT2D eigenvalue weighted by molar-refractivity contribution is 9.10. The Morgan fingerprint density at radius 1 is 1.17 bits per heavy atom. The molecule has 0 aliphatic heterocycles. The first-order valence-corrected chi connectivity index (χ1v) is 5.98. The third-order valence-electron chi connectivity index (χ3n) is 2.23. The van der Waals surface area contributed by atoms with Gasteiger partial charge in [-0.1, -0.05) is 28.1 Å². The molecule has 18 heavy (non-hydrogen) atoms. The minimum atomic E-state index is -0.949. The van der Waals surface area contributed by atoms with Crippen LogP contribution in [0.4, 0.5) is 5.95 Å². The van der Waals surface area contributed by atoms with Gasteiger partial charge in [-0.2, -0.15) is 0 Å². The molecular weight excluding hydrogens is 298 g/mol. The van der Waals surface area contributed by atoms with Crippen LogP contribution in [0.3, 0.4) is 0 Å². The molecule has 2 rings (SSSR count). The molecule has 0 saturated carbocycles. The first kappa shape index (κ1) is 12.5. The maximum absolute atomic E-state index is 10.4. The second-order valence-electron chi connectivity index (χ2n) is 3.55. The highest BCUT2D eigenvalue weighted by Gasteiger charge is 2.02. The Balaban J connectivity index is 2.12. The number of benzene rings is 1. The van der Waals surface area contributed by atoms with Gasteiger partial charge in [0, 0.05) is 22.4 Å². The molecule has 2 aromatic rings. The number of carboxylic acids is 1. The topological polar surface area (TPSA) is 75.1 Å². The van der Waals surface area contributed by atoms with E-state index in [1.165, 1.54) is 0 Å². The summed E-state index contributed by atoms with van der Waals surface area (Å²) in [4.78, 5) is 18.5. The van der Waals surface area contributed by atoms with Gasteiger partial charge in [-0.05, 0) is 17.7 Å². The van der Waals surface area contributed by atoms with E-state index in [1.54, 1.807) is 12.4 Å². The predicted octanol–water partition coefficient (Wildman–Crippen LogP) is 2.40. The van der Waals surface area contributed by atoms with Crippen molar-refractivity contribution < 1.29 is 9.90 Å². The number of anilines is 1. The summed E-state index contributed by atoms with van der Waals surface area (Å²) < 4.78 is 1.01. The Bertz CT molecular complexity index is 540. The summed E-state index contributed by atoms with van der Waals surface area (Å²) in [6, 6.07) is 7.78. The Hall–Kier alpha value is -1.95. The van der Waals surface area contributed by atoms with Crippen molar-refractivity contribution in [3.63, 3.8) is 0 Å². The van der Waals surface area contributed by atoms with Crippen LogP contribution >= 0.6 is 15.9 Å². The van der Waals surface area contributed by atoms with Gasteiger partial charge in [0.25, 0.3) is 0 Å². The lowest BCUT2D eigenvalue weighted by Gasteiger charge is -2.03. The Morgan fingerprint density at radius 2 is 1.78 bits per heavy atom. The summed E-state index contributed by atoms with van der Waals surface area (Å²) in [5.74, 6) is -0.645. The number of hydrogen-bond acceptors (Lipinski definition) is 4. The molecule has 1 aromatic carbocycles. The average molecular weight is 308 g/mol. The van der Waals surface area contributed by atoms with Gasteiger partial charge in [0.2, 0.25) is 5.95 Å². The monoisotopic (exact) mass is 307 g/mol. The van der Waals surface area contributed by atoms with Gasteiger partial charge < -0.3 is 10.4 Å². The maximum Gasteiger partial charge on any atom is 0.322 e. The highest BCUT2D eigenvalue weighted by Crippen LogP contribution is 2.20. The van der Waals surface area contributed by atoms with E-state index in [2.05, 4.69) is 31.2 Å². The third kappa shape index (κ3) is 3.27. The fraction of sp³-hybridized carbons (Fsp3) is 0.0833. The largest absolute Gasteiger partial charge is 0.480 e. The van der Waals surface area contributed by atoms with Crippen molar-refractivity contribution in [2.75, 3.05) is 11.9 Å². The normalized spacial score (nSPS) is 10.1. The summed E-state index contributed by atoms with van der Waals surface area (Å²) in [5.41, 5.74) is 1.88. The van der Waals surface area contributed by atoms with Gasteiger partial charge in [-0.15, -0.1) is 0 Å². The number of carbonyl (C=O) groups is 1. The molecule has 0 spiro atoms. The van der Waals surface area contributed by atoms with Gasteiger partial charge in [0.1, 0.15) is 6.54 Å². The molecule has 6 heteroatoms. The minimum Gasteiger partial charge on any atom is -0.480 e. The van der Waals surface area contributed by atoms with Crippen LogP contribution in [0.15, 0.2) is 41.1 Å². The number of aliphatic carboxylic acids is 1. The number of hydrogen-bond donors (Lipinski definition) is 2. The van der Waals surface area contributed by atoms with E-state index in [1.807, 2.05) is 24.3 Å². The molecule has 0 bridgehead atoms. The summed E-state index contributed by atoms with van der Waals surface area (Å²) in [6.07, 6.45) is 3.31. The first-order chi connectivity index (χ1) is 8.65. The zero-order chi connectivity index (χ0) is 13.0. The number of nitrogens with zero attached hydrogens (tertiary/aromatic N) is 2. The smallest absolute Gasteiger partial charge is 0.322 e. The van der Waals surface area contributed by atoms with Crippen molar-refractivity contribution >= 4 is 27.8 Å². The van der Waals surface area contributed by atoms with Crippen LogP contribution in [0, 0.1) is 0 Å². The molecule has 0 fully saturated rings. The van der Waals surface area contributed by atoms with E-state index >= 15 is 0 Å². The predicted molar refractivity (Wildman–Crippen MR) is 71.3 cm³/mol. The van der Waals surface area contributed by atoms with E-state index in [0.29, 0.717) is 5.95 Å². The number of nitrogens with one attached hydrogen (secondary N) is 1. The van der Waals surface area contributed by atoms with Crippen LogP contribution < -0.4 is 5.32 Å². The van der Waals surface area contributed by atoms with Crippen molar-refractivity contribution in [1.82, 2.24) is 9.97 Å². The third-order valence-corrected chi connectivity index (χ3v) is 2.76. The van der Waals surface area contributed by atoms with Crippen LogP contribution in [-0.2, 0) is 4.79 Å². The number of aromatic nitrogens is 2. The van der Waals surface area contributed by atoms with E-state index in [0.717, 1.165) is 15.6 Å². The van der Waals surface area contributed by atoms with Crippen molar-refractivity contribution in [2.45, 2.75) is 0 Å². The van der Waals surface area contributed by atoms with Crippen LogP contribution in [0.2, 0.25) is 0 Å². The highest BCUT2D eigenvalue weighted by atomic mass is 79.9. The summed E-state index contributed by atoms with van der Waals surface area (Å²) in [7, 11) is 0. The van der Waals surface area contributed by atoms with Gasteiger partial charge in [-0.25, -0.2) is 9.97 Å². The van der Waals surface area contributed by atoms with E-state index in [9.17, 15) is 4.79 Å². The van der Waals surface area contributed by atoms with Crippen molar-refractivity contribution in [3.8, 4) is 11.1 Å². The van der Waals surface area contributed by atoms with Gasteiger partial charge >= 0.3 is 5.97 Å². The molecule has 2 N–H and O–H groups in total. The zero-order valence-electron chi connectivity index (χ0n) is 9.30. The van der Waals surface area contributed by atoms with Crippen molar-refractivity contribution in [2.24, 2.45) is 0 Å². The zero-order valence-corrected chi connectivity index (χ0v) is 10.9. The molecule has 0 amide bonds. The van der Waals surface area contributed by atoms with E-state index < -0.39 is 5.97 Å². The fourth-order valence-corrected chi connectivity index (χ4v) is 1.63. The van der Waals surface area contributed by atoms with Crippen molar-refractivity contribution in [1.29, 1.82) is 0 Å². The van der Waals surface area contributed by atoms with Crippen LogP contribution in [-0.4, -0.2) is 27.6 Å². The molecule has 0 aliphatic carbocycles. The molecule has 0 unspecified atom stereocenters. The summed E-state index contributed by atoms with van der Waals surface area (Å²) in [6.45, 7) is -0.197. The fourth-order valence-electron chi connectivity index (χ4n) is 1.37. The number of carboxylic acid groups (broad SMARTS) is 1. The molecule has 1 aromatic heterocycles. The molecule has 0 aliphatic rings. The number of halogens is 1. The second-order valence-corrected chi connectivity index (χ2v) is 4.47. The molecule has 0 radical (unpaired) electrons. The second kappa shape index (κ2) is 5.59. The minimum absolute atomic E-state index is 0.197. The first-order valence-electron chi connectivity index (χ1n) is 5.19. The molecule has 0 saturated heterocycles. The lowest BCUT2D eigenvalue weighted by atomic mass is 10.1. The quantitative estimate of drug-likeness (QED) is 0.907. The Morgan fingerprint density at radius 3 is 2.33 bits per heavy atom.